The van der Waals surface area contributed by atoms with Gasteiger partial charge in [0.15, 0.2) is 0 Å². The van der Waals surface area contributed by atoms with Crippen molar-refractivity contribution in [3.8, 4) is 0 Å². The number of nitrogens with one attached hydrogen (secondary N) is 1. The zero-order valence-electron chi connectivity index (χ0n) is 11.6. The number of hydrogen-bond donors (Lipinski definition) is 1. The molecule has 1 unspecified atom stereocenters. The van der Waals surface area contributed by atoms with E-state index in [0.717, 1.165) is 23.3 Å². The molecule has 1 aromatic heterocycles. The van der Waals surface area contributed by atoms with Crippen molar-refractivity contribution in [1.29, 1.82) is 0 Å². The Kier molecular flexibility index (Phi) is 5.25. The van der Waals surface area contributed by atoms with Gasteiger partial charge in [0, 0.05) is 29.5 Å². The molecule has 0 saturated heterocycles. The van der Waals surface area contributed by atoms with Crippen LogP contribution >= 0.6 is 15.9 Å². The van der Waals surface area contributed by atoms with E-state index in [1.165, 1.54) is 12.4 Å². The molecule has 0 radical (unpaired) electrons. The largest absolute Gasteiger partial charge is 0.309 e. The molecule has 0 aliphatic rings. The second kappa shape index (κ2) is 6.95. The minimum atomic E-state index is -0.205. The third-order valence-corrected chi connectivity index (χ3v) is 3.66. The van der Waals surface area contributed by atoms with E-state index in [2.05, 4.69) is 38.3 Å². The molecule has 0 aliphatic carbocycles. The Morgan fingerprint density at radius 2 is 2.25 bits per heavy atom. The number of rotatable bonds is 6. The normalized spacial score (nSPS) is 12.6. The van der Waals surface area contributed by atoms with E-state index < -0.39 is 0 Å². The van der Waals surface area contributed by atoms with Gasteiger partial charge in [-0.25, -0.2) is 9.37 Å². The van der Waals surface area contributed by atoms with Crippen molar-refractivity contribution in [2.75, 3.05) is 6.54 Å². The standard InChI is InChI=1S/C14H18BrFN4/c1-3-6-17-13(8-14-18-9-19-20(14)2)11-7-10(15)4-5-12(11)16/h4-5,7,9,13,17H,3,6,8H2,1-2H3. The molecule has 1 aromatic carbocycles. The van der Waals surface area contributed by atoms with Crippen LogP contribution in [0, 0.1) is 5.82 Å². The highest BCUT2D eigenvalue weighted by molar-refractivity contribution is 9.10. The monoisotopic (exact) mass is 340 g/mol. The molecule has 0 aliphatic heterocycles. The Balaban J connectivity index is 2.27. The molecule has 0 fully saturated rings. The first-order valence-electron chi connectivity index (χ1n) is 6.63. The highest BCUT2D eigenvalue weighted by Crippen LogP contribution is 2.24. The number of aromatic nitrogens is 3. The lowest BCUT2D eigenvalue weighted by Gasteiger charge is -2.19. The minimum absolute atomic E-state index is 0.115. The molecule has 0 bridgehead atoms. The van der Waals surface area contributed by atoms with Gasteiger partial charge in [-0.2, -0.15) is 5.10 Å². The maximum Gasteiger partial charge on any atom is 0.138 e. The van der Waals surface area contributed by atoms with E-state index in [0.29, 0.717) is 12.0 Å². The van der Waals surface area contributed by atoms with Crippen LogP contribution in [0.5, 0.6) is 0 Å². The fraction of sp³-hybridized carbons (Fsp3) is 0.429. The van der Waals surface area contributed by atoms with Gasteiger partial charge in [-0.3, -0.25) is 4.68 Å². The van der Waals surface area contributed by atoms with E-state index in [9.17, 15) is 4.39 Å². The van der Waals surface area contributed by atoms with Crippen molar-refractivity contribution in [2.45, 2.75) is 25.8 Å². The maximum absolute atomic E-state index is 14.1. The van der Waals surface area contributed by atoms with Crippen LogP contribution in [-0.4, -0.2) is 21.3 Å². The zero-order valence-corrected chi connectivity index (χ0v) is 13.2. The van der Waals surface area contributed by atoms with E-state index in [4.69, 9.17) is 0 Å². The van der Waals surface area contributed by atoms with E-state index in [1.54, 1.807) is 10.7 Å². The van der Waals surface area contributed by atoms with E-state index in [-0.39, 0.29) is 11.9 Å². The third kappa shape index (κ3) is 3.64. The number of nitrogens with zero attached hydrogens (tertiary/aromatic N) is 3. The summed E-state index contributed by atoms with van der Waals surface area (Å²) < 4.78 is 16.7. The molecule has 4 nitrogen and oxygen atoms in total. The SMILES string of the molecule is CCCNC(Cc1ncnn1C)c1cc(Br)ccc1F. The second-order valence-electron chi connectivity index (χ2n) is 4.68. The lowest BCUT2D eigenvalue weighted by Crippen LogP contribution is -2.26. The summed E-state index contributed by atoms with van der Waals surface area (Å²) in [6.07, 6.45) is 3.11. The lowest BCUT2D eigenvalue weighted by molar-refractivity contribution is 0.480. The number of aryl methyl sites for hydroxylation is 1. The van der Waals surface area contributed by atoms with Crippen molar-refractivity contribution in [3.63, 3.8) is 0 Å². The Morgan fingerprint density at radius 1 is 1.45 bits per heavy atom. The highest BCUT2D eigenvalue weighted by atomic mass is 79.9. The quantitative estimate of drug-likeness (QED) is 0.878. The summed E-state index contributed by atoms with van der Waals surface area (Å²) in [6, 6.07) is 4.89. The van der Waals surface area contributed by atoms with Gasteiger partial charge in [0.1, 0.15) is 18.0 Å². The number of benzene rings is 1. The second-order valence-corrected chi connectivity index (χ2v) is 5.59. The topological polar surface area (TPSA) is 42.7 Å². The van der Waals surface area contributed by atoms with Crippen LogP contribution < -0.4 is 5.32 Å². The van der Waals surface area contributed by atoms with Crippen molar-refractivity contribution in [2.24, 2.45) is 7.05 Å². The van der Waals surface area contributed by atoms with Gasteiger partial charge in [0.05, 0.1) is 0 Å². The van der Waals surface area contributed by atoms with Gasteiger partial charge in [-0.15, -0.1) is 0 Å². The summed E-state index contributed by atoms with van der Waals surface area (Å²) in [5.74, 6) is 0.627. The molecule has 2 aromatic rings. The number of halogens is 2. The number of hydrogen-bond acceptors (Lipinski definition) is 3. The molecular formula is C14H18BrFN4. The lowest BCUT2D eigenvalue weighted by atomic mass is 10.0. The maximum atomic E-state index is 14.1. The van der Waals surface area contributed by atoms with Gasteiger partial charge in [-0.1, -0.05) is 22.9 Å². The summed E-state index contributed by atoms with van der Waals surface area (Å²) in [4.78, 5) is 4.22. The summed E-state index contributed by atoms with van der Waals surface area (Å²) in [5, 5.41) is 7.44. The molecular weight excluding hydrogens is 323 g/mol. The van der Waals surface area contributed by atoms with Crippen molar-refractivity contribution in [1.82, 2.24) is 20.1 Å². The highest BCUT2D eigenvalue weighted by Gasteiger charge is 2.18. The fourth-order valence-electron chi connectivity index (χ4n) is 2.08. The molecule has 0 spiro atoms. The molecule has 1 heterocycles. The van der Waals surface area contributed by atoms with Crippen LogP contribution in [0.3, 0.4) is 0 Å². The van der Waals surface area contributed by atoms with Gasteiger partial charge in [-0.05, 0) is 31.2 Å². The average Bonchev–Trinajstić information content (AvgIpc) is 2.83. The minimum Gasteiger partial charge on any atom is -0.309 e. The molecule has 0 saturated carbocycles. The van der Waals surface area contributed by atoms with E-state index >= 15 is 0 Å². The first-order valence-corrected chi connectivity index (χ1v) is 7.42. The first-order chi connectivity index (χ1) is 9.61. The molecule has 0 amide bonds. The summed E-state index contributed by atoms with van der Waals surface area (Å²) in [5.41, 5.74) is 0.649. The Hall–Kier alpha value is -1.27. The van der Waals surface area contributed by atoms with Crippen LogP contribution in [0.25, 0.3) is 0 Å². The van der Waals surface area contributed by atoms with Gasteiger partial charge < -0.3 is 5.32 Å². The molecule has 108 valence electrons. The predicted octanol–water partition coefficient (Wildman–Crippen LogP) is 3.00. The Labute approximate surface area is 126 Å². The average molecular weight is 341 g/mol. The van der Waals surface area contributed by atoms with Gasteiger partial charge in [0.2, 0.25) is 0 Å². The smallest absolute Gasteiger partial charge is 0.138 e. The van der Waals surface area contributed by atoms with Crippen LogP contribution in [0.1, 0.15) is 30.8 Å². The Bertz CT molecular complexity index is 570. The van der Waals surface area contributed by atoms with Gasteiger partial charge >= 0.3 is 0 Å². The predicted molar refractivity (Wildman–Crippen MR) is 79.8 cm³/mol. The van der Waals surface area contributed by atoms with Crippen molar-refractivity contribution >= 4 is 15.9 Å². The van der Waals surface area contributed by atoms with E-state index in [1.807, 2.05) is 13.1 Å². The van der Waals surface area contributed by atoms with Crippen molar-refractivity contribution in [3.05, 3.63) is 46.2 Å². The summed E-state index contributed by atoms with van der Waals surface area (Å²) >= 11 is 3.40. The van der Waals surface area contributed by atoms with Crippen LogP contribution in [0.2, 0.25) is 0 Å². The molecule has 20 heavy (non-hydrogen) atoms. The molecule has 6 heteroatoms. The first kappa shape index (κ1) is 15.1. The van der Waals surface area contributed by atoms with Gasteiger partial charge in [0.25, 0.3) is 0 Å². The van der Waals surface area contributed by atoms with Crippen LogP contribution in [0.15, 0.2) is 29.0 Å². The summed E-state index contributed by atoms with van der Waals surface area (Å²) in [7, 11) is 1.84. The van der Waals surface area contributed by atoms with Crippen LogP contribution in [-0.2, 0) is 13.5 Å². The van der Waals surface area contributed by atoms with Crippen LogP contribution in [0.4, 0.5) is 4.39 Å². The summed E-state index contributed by atoms with van der Waals surface area (Å²) in [6.45, 7) is 2.91. The molecule has 1 N–H and O–H groups in total. The Morgan fingerprint density at radius 3 is 2.90 bits per heavy atom. The zero-order chi connectivity index (χ0) is 14.5. The molecule has 1 atom stereocenters. The fourth-order valence-corrected chi connectivity index (χ4v) is 2.46. The molecule has 2 rings (SSSR count). The van der Waals surface area contributed by atoms with Crippen molar-refractivity contribution < 1.29 is 4.39 Å². The third-order valence-electron chi connectivity index (χ3n) is 3.17.